The molecule has 0 bridgehead atoms. The van der Waals surface area contributed by atoms with E-state index in [0.29, 0.717) is 12.2 Å². The molecule has 1 heterocycles. The Morgan fingerprint density at radius 3 is 2.27 bits per heavy atom. The highest BCUT2D eigenvalue weighted by atomic mass is 32.2. The van der Waals surface area contributed by atoms with Gasteiger partial charge in [0.05, 0.1) is 12.5 Å². The number of esters is 1. The fourth-order valence-electron chi connectivity index (χ4n) is 2.78. The molecule has 1 aliphatic rings. The van der Waals surface area contributed by atoms with Gasteiger partial charge in [-0.05, 0) is 12.8 Å². The first kappa shape index (κ1) is 17.4. The Balaban J connectivity index is 2.40. The van der Waals surface area contributed by atoms with Crippen LogP contribution in [0, 0.1) is 11.8 Å². The van der Waals surface area contributed by atoms with Gasteiger partial charge in [-0.2, -0.15) is 0 Å². The van der Waals surface area contributed by atoms with Crippen LogP contribution in [0.1, 0.15) is 31.1 Å². The summed E-state index contributed by atoms with van der Waals surface area (Å²) in [5, 5.41) is 0. The van der Waals surface area contributed by atoms with Gasteiger partial charge in [-0.15, -0.1) is 23.5 Å². The number of ketones is 1. The highest BCUT2D eigenvalue weighted by molar-refractivity contribution is 8.22. The smallest absolute Gasteiger partial charge is 0.333 e. The topological polar surface area (TPSA) is 43.4 Å². The first-order valence-corrected chi connectivity index (χ1v) is 9.54. The minimum absolute atomic E-state index is 0.0329. The van der Waals surface area contributed by atoms with Gasteiger partial charge in [0.25, 0.3) is 0 Å². The molecule has 22 heavy (non-hydrogen) atoms. The van der Waals surface area contributed by atoms with Gasteiger partial charge in [0.2, 0.25) is 0 Å². The normalized spacial score (nSPS) is 18.2. The van der Waals surface area contributed by atoms with Crippen LogP contribution in [-0.2, 0) is 9.53 Å². The number of carbonyl (C=O) groups excluding carboxylic acids is 2. The lowest BCUT2D eigenvalue weighted by Gasteiger charge is -2.35. The molecule has 1 atom stereocenters. The third-order valence-corrected chi connectivity index (χ3v) is 7.17. The summed E-state index contributed by atoms with van der Waals surface area (Å²) in [5.41, 5.74) is 0.665. The molecule has 5 heteroatoms. The van der Waals surface area contributed by atoms with Crippen molar-refractivity contribution in [1.82, 2.24) is 0 Å². The molecule has 1 unspecified atom stereocenters. The van der Waals surface area contributed by atoms with Crippen molar-refractivity contribution in [3.8, 4) is 0 Å². The SMILES string of the molecule is CCOC(=O)C1(C(C(=O)c2ccccc2)C(C)C)SCCS1. The van der Waals surface area contributed by atoms with E-state index < -0.39 is 4.08 Å². The van der Waals surface area contributed by atoms with E-state index in [1.807, 2.05) is 44.2 Å². The summed E-state index contributed by atoms with van der Waals surface area (Å²) in [7, 11) is 0. The summed E-state index contributed by atoms with van der Waals surface area (Å²) in [4.78, 5) is 25.7. The average Bonchev–Trinajstić information content (AvgIpc) is 2.98. The lowest BCUT2D eigenvalue weighted by Crippen LogP contribution is -2.46. The van der Waals surface area contributed by atoms with Crippen molar-refractivity contribution >= 4 is 35.3 Å². The van der Waals surface area contributed by atoms with Crippen molar-refractivity contribution in [2.24, 2.45) is 11.8 Å². The zero-order chi connectivity index (χ0) is 16.2. The van der Waals surface area contributed by atoms with Crippen molar-refractivity contribution in [3.05, 3.63) is 35.9 Å². The molecule has 1 aromatic rings. The lowest BCUT2D eigenvalue weighted by molar-refractivity contribution is -0.144. The van der Waals surface area contributed by atoms with Gasteiger partial charge < -0.3 is 4.74 Å². The molecule has 3 nitrogen and oxygen atoms in total. The fraction of sp³-hybridized carbons (Fsp3) is 0.529. The number of rotatable bonds is 6. The Kier molecular flexibility index (Phi) is 5.98. The molecular weight excluding hydrogens is 316 g/mol. The number of Topliss-reactive ketones (excluding diaryl/α,β-unsaturated/α-hetero) is 1. The van der Waals surface area contributed by atoms with Crippen molar-refractivity contribution < 1.29 is 14.3 Å². The van der Waals surface area contributed by atoms with Gasteiger partial charge in [0, 0.05) is 17.1 Å². The summed E-state index contributed by atoms with van der Waals surface area (Å²) in [6.07, 6.45) is 0. The summed E-state index contributed by atoms with van der Waals surface area (Å²) < 4.78 is 4.51. The molecule has 1 aromatic carbocycles. The van der Waals surface area contributed by atoms with Crippen LogP contribution in [0.3, 0.4) is 0 Å². The number of thioether (sulfide) groups is 2. The number of hydrogen-bond acceptors (Lipinski definition) is 5. The van der Waals surface area contributed by atoms with Crippen LogP contribution < -0.4 is 0 Å². The van der Waals surface area contributed by atoms with Crippen molar-refractivity contribution in [3.63, 3.8) is 0 Å². The molecule has 1 saturated heterocycles. The monoisotopic (exact) mass is 338 g/mol. The van der Waals surface area contributed by atoms with E-state index in [-0.39, 0.29) is 23.6 Å². The number of benzene rings is 1. The lowest BCUT2D eigenvalue weighted by atomic mass is 9.84. The highest BCUT2D eigenvalue weighted by Crippen LogP contribution is 2.53. The quantitative estimate of drug-likeness (QED) is 0.582. The standard InChI is InChI=1S/C17H22O3S2/c1-4-20-16(19)17(21-10-11-22-17)14(12(2)3)15(18)13-8-6-5-7-9-13/h5-9,12,14H,4,10-11H2,1-3H3. The molecule has 2 rings (SSSR count). The van der Waals surface area contributed by atoms with Crippen LogP contribution in [0.4, 0.5) is 0 Å². The number of carbonyl (C=O) groups is 2. The Morgan fingerprint density at radius 1 is 1.18 bits per heavy atom. The van der Waals surface area contributed by atoms with E-state index in [2.05, 4.69) is 0 Å². The molecule has 0 aliphatic carbocycles. The maximum Gasteiger partial charge on any atom is 0.333 e. The summed E-state index contributed by atoms with van der Waals surface area (Å²) >= 11 is 3.13. The highest BCUT2D eigenvalue weighted by Gasteiger charge is 2.54. The minimum Gasteiger partial charge on any atom is -0.464 e. The van der Waals surface area contributed by atoms with E-state index in [1.54, 1.807) is 30.4 Å². The summed E-state index contributed by atoms with van der Waals surface area (Å²) in [5.74, 6) is 1.20. The third-order valence-electron chi connectivity index (χ3n) is 3.69. The predicted molar refractivity (Wildman–Crippen MR) is 93.4 cm³/mol. The molecule has 0 radical (unpaired) electrons. The van der Waals surface area contributed by atoms with Crippen molar-refractivity contribution in [2.45, 2.75) is 24.9 Å². The Labute approximate surface area is 140 Å². The first-order chi connectivity index (χ1) is 10.5. The van der Waals surface area contributed by atoms with Crippen LogP contribution in [0.5, 0.6) is 0 Å². The average molecular weight is 338 g/mol. The largest absolute Gasteiger partial charge is 0.464 e. The zero-order valence-electron chi connectivity index (χ0n) is 13.2. The number of ether oxygens (including phenoxy) is 1. The molecule has 1 aliphatic heterocycles. The van der Waals surface area contributed by atoms with Crippen LogP contribution >= 0.6 is 23.5 Å². The maximum absolute atomic E-state index is 13.1. The van der Waals surface area contributed by atoms with Gasteiger partial charge in [0.15, 0.2) is 9.86 Å². The Hall–Kier alpha value is -0.940. The predicted octanol–water partition coefficient (Wildman–Crippen LogP) is 3.88. The van der Waals surface area contributed by atoms with Crippen LogP contribution in [0.25, 0.3) is 0 Å². The Bertz CT molecular complexity index is 522. The molecule has 1 fully saturated rings. The van der Waals surface area contributed by atoms with Crippen molar-refractivity contribution in [2.75, 3.05) is 18.1 Å². The first-order valence-electron chi connectivity index (χ1n) is 7.57. The molecular formula is C17H22O3S2. The van der Waals surface area contributed by atoms with Gasteiger partial charge in [-0.3, -0.25) is 4.79 Å². The Morgan fingerprint density at radius 2 is 1.77 bits per heavy atom. The minimum atomic E-state index is -0.808. The molecule has 0 saturated carbocycles. The molecule has 0 spiro atoms. The van der Waals surface area contributed by atoms with E-state index in [1.165, 1.54) is 0 Å². The zero-order valence-corrected chi connectivity index (χ0v) is 14.8. The third kappa shape index (κ3) is 3.35. The van der Waals surface area contributed by atoms with Gasteiger partial charge in [0.1, 0.15) is 0 Å². The van der Waals surface area contributed by atoms with E-state index in [9.17, 15) is 9.59 Å². The maximum atomic E-state index is 13.1. The van der Waals surface area contributed by atoms with E-state index in [0.717, 1.165) is 11.5 Å². The molecule has 0 amide bonds. The van der Waals surface area contributed by atoms with Crippen LogP contribution in [0.15, 0.2) is 30.3 Å². The molecule has 120 valence electrons. The summed E-state index contributed by atoms with van der Waals surface area (Å²) in [6.45, 7) is 6.16. The fourth-order valence-corrected chi connectivity index (χ4v) is 6.36. The van der Waals surface area contributed by atoms with Gasteiger partial charge in [-0.25, -0.2) is 4.79 Å². The van der Waals surface area contributed by atoms with E-state index >= 15 is 0 Å². The second-order valence-electron chi connectivity index (χ2n) is 5.54. The molecule has 0 N–H and O–H groups in total. The summed E-state index contributed by atoms with van der Waals surface area (Å²) in [6, 6.07) is 9.25. The second-order valence-corrected chi connectivity index (χ2v) is 8.48. The van der Waals surface area contributed by atoms with Crippen molar-refractivity contribution in [1.29, 1.82) is 0 Å². The van der Waals surface area contributed by atoms with Gasteiger partial charge in [-0.1, -0.05) is 44.2 Å². The van der Waals surface area contributed by atoms with E-state index in [4.69, 9.17) is 4.74 Å². The van der Waals surface area contributed by atoms with Gasteiger partial charge >= 0.3 is 5.97 Å². The second kappa shape index (κ2) is 7.55. The molecule has 0 aromatic heterocycles. The number of hydrogen-bond donors (Lipinski definition) is 0. The van der Waals surface area contributed by atoms with Crippen LogP contribution in [0.2, 0.25) is 0 Å². The van der Waals surface area contributed by atoms with Crippen LogP contribution in [-0.4, -0.2) is 33.9 Å².